The fourth-order valence-electron chi connectivity index (χ4n) is 1.46. The zero-order valence-electron chi connectivity index (χ0n) is 11.5. The Kier molecular flexibility index (Phi) is 7.62. The Morgan fingerprint density at radius 1 is 1.32 bits per heavy atom. The Bertz CT molecular complexity index is 403. The second-order valence-corrected chi connectivity index (χ2v) is 6.30. The highest BCUT2D eigenvalue weighted by atomic mass is 32.2. The number of carboxylic acids is 1. The first-order chi connectivity index (χ1) is 8.70. The molecule has 19 heavy (non-hydrogen) atoms. The van der Waals surface area contributed by atoms with Crippen LogP contribution in [-0.4, -0.2) is 54.7 Å². The number of carbonyl (C=O) groups excluding carboxylic acids is 1. The van der Waals surface area contributed by atoms with E-state index in [1.165, 1.54) is 0 Å². The van der Waals surface area contributed by atoms with Crippen LogP contribution in [0.15, 0.2) is 0 Å². The lowest BCUT2D eigenvalue weighted by atomic mass is 10.3. The Hall–Kier alpha value is -1.15. The molecule has 0 radical (unpaired) electrons. The third-order valence-electron chi connectivity index (χ3n) is 2.32. The van der Waals surface area contributed by atoms with Gasteiger partial charge in [0.1, 0.15) is 6.54 Å². The molecule has 0 atom stereocenters. The zero-order chi connectivity index (χ0) is 15.1. The number of nitrogens with zero attached hydrogens (tertiary/aromatic N) is 1. The monoisotopic (exact) mass is 295 g/mol. The number of hydrogen-bond acceptors (Lipinski definition) is 5. The molecule has 0 saturated heterocycles. The van der Waals surface area contributed by atoms with E-state index < -0.39 is 22.0 Å². The van der Waals surface area contributed by atoms with Crippen molar-refractivity contribution < 1.29 is 27.9 Å². The molecule has 0 unspecified atom stereocenters. The zero-order valence-corrected chi connectivity index (χ0v) is 12.3. The molecule has 0 spiro atoms. The van der Waals surface area contributed by atoms with Gasteiger partial charge < -0.3 is 9.84 Å². The summed E-state index contributed by atoms with van der Waals surface area (Å²) >= 11 is 0. The molecule has 0 fully saturated rings. The predicted molar refractivity (Wildman–Crippen MR) is 69.1 cm³/mol. The van der Waals surface area contributed by atoms with Crippen LogP contribution in [0.2, 0.25) is 0 Å². The molecule has 7 nitrogen and oxygen atoms in total. The van der Waals surface area contributed by atoms with E-state index in [-0.39, 0.29) is 37.8 Å². The van der Waals surface area contributed by atoms with Gasteiger partial charge in [0.2, 0.25) is 10.0 Å². The Morgan fingerprint density at radius 2 is 1.89 bits per heavy atom. The molecule has 0 saturated carbocycles. The van der Waals surface area contributed by atoms with Crippen LogP contribution >= 0.6 is 0 Å². The number of carbonyl (C=O) groups is 2. The number of esters is 1. The first-order valence-corrected chi connectivity index (χ1v) is 7.68. The lowest BCUT2D eigenvalue weighted by molar-refractivity contribution is -0.143. The lowest BCUT2D eigenvalue weighted by Gasteiger charge is -2.24. The number of sulfonamides is 1. The van der Waals surface area contributed by atoms with Gasteiger partial charge in [0.25, 0.3) is 0 Å². The van der Waals surface area contributed by atoms with Crippen LogP contribution in [0, 0.1) is 0 Å². The van der Waals surface area contributed by atoms with Crippen molar-refractivity contribution in [2.75, 3.05) is 18.9 Å². The van der Waals surface area contributed by atoms with Crippen molar-refractivity contribution in [3.63, 3.8) is 0 Å². The largest absolute Gasteiger partial charge is 0.481 e. The number of aliphatic carboxylic acids is 1. The SMILES string of the molecule is CCOC(=O)CN(C(C)C)S(=O)(=O)CCCC(=O)O. The van der Waals surface area contributed by atoms with E-state index in [4.69, 9.17) is 9.84 Å². The molecule has 1 N–H and O–H groups in total. The van der Waals surface area contributed by atoms with Crippen molar-refractivity contribution in [1.82, 2.24) is 4.31 Å². The summed E-state index contributed by atoms with van der Waals surface area (Å²) in [4.78, 5) is 21.7. The topological polar surface area (TPSA) is 101 Å². The van der Waals surface area contributed by atoms with Crippen LogP contribution in [0.25, 0.3) is 0 Å². The van der Waals surface area contributed by atoms with Crippen LogP contribution in [-0.2, 0) is 24.3 Å². The van der Waals surface area contributed by atoms with Gasteiger partial charge in [-0.1, -0.05) is 0 Å². The summed E-state index contributed by atoms with van der Waals surface area (Å²) < 4.78 is 29.8. The standard InChI is InChI=1S/C11H21NO6S/c1-4-18-11(15)8-12(9(2)3)19(16,17)7-5-6-10(13)14/h9H,4-8H2,1-3H3,(H,13,14). The predicted octanol–water partition coefficient (Wildman–Crippen LogP) is 0.454. The third kappa shape index (κ3) is 7.12. The summed E-state index contributed by atoms with van der Waals surface area (Å²) in [6, 6.07) is -0.390. The van der Waals surface area contributed by atoms with Crippen molar-refractivity contribution in [3.05, 3.63) is 0 Å². The van der Waals surface area contributed by atoms with E-state index in [0.717, 1.165) is 4.31 Å². The van der Waals surface area contributed by atoms with Gasteiger partial charge in [-0.2, -0.15) is 4.31 Å². The number of carboxylic acid groups (broad SMARTS) is 1. The fourth-order valence-corrected chi connectivity index (χ4v) is 3.15. The van der Waals surface area contributed by atoms with Crippen LogP contribution in [0.4, 0.5) is 0 Å². The highest BCUT2D eigenvalue weighted by Crippen LogP contribution is 2.10. The van der Waals surface area contributed by atoms with E-state index in [1.807, 2.05) is 0 Å². The van der Waals surface area contributed by atoms with Gasteiger partial charge in [0.05, 0.1) is 12.4 Å². The summed E-state index contributed by atoms with van der Waals surface area (Å²) in [5.41, 5.74) is 0. The lowest BCUT2D eigenvalue weighted by Crippen LogP contribution is -2.42. The molecule has 0 aromatic carbocycles. The maximum atomic E-state index is 12.0. The van der Waals surface area contributed by atoms with Gasteiger partial charge in [-0.05, 0) is 27.2 Å². The highest BCUT2D eigenvalue weighted by molar-refractivity contribution is 7.89. The van der Waals surface area contributed by atoms with Crippen molar-refractivity contribution in [3.8, 4) is 0 Å². The van der Waals surface area contributed by atoms with Gasteiger partial charge >= 0.3 is 11.9 Å². The minimum Gasteiger partial charge on any atom is -0.481 e. The van der Waals surface area contributed by atoms with Crippen LogP contribution in [0.5, 0.6) is 0 Å². The first kappa shape index (κ1) is 17.8. The van der Waals surface area contributed by atoms with Crippen LogP contribution in [0.1, 0.15) is 33.6 Å². The van der Waals surface area contributed by atoms with Crippen LogP contribution in [0.3, 0.4) is 0 Å². The second-order valence-electron chi connectivity index (χ2n) is 4.26. The molecule has 8 heteroatoms. The molecule has 0 aliphatic rings. The summed E-state index contributed by atoms with van der Waals surface area (Å²) in [6.07, 6.45) is -0.200. The van der Waals surface area contributed by atoms with Gasteiger partial charge in [-0.15, -0.1) is 0 Å². The smallest absolute Gasteiger partial charge is 0.321 e. The van der Waals surface area contributed by atoms with Gasteiger partial charge in [0.15, 0.2) is 0 Å². The minimum atomic E-state index is -3.66. The summed E-state index contributed by atoms with van der Waals surface area (Å²) in [5.74, 6) is -1.95. The molecule has 0 aliphatic heterocycles. The van der Waals surface area contributed by atoms with Gasteiger partial charge in [-0.3, -0.25) is 9.59 Å². The number of rotatable bonds is 9. The average Bonchev–Trinajstić information content (AvgIpc) is 2.24. The summed E-state index contributed by atoms with van der Waals surface area (Å²) in [7, 11) is -3.66. The van der Waals surface area contributed by atoms with E-state index in [9.17, 15) is 18.0 Å². The van der Waals surface area contributed by atoms with Gasteiger partial charge in [-0.25, -0.2) is 8.42 Å². The third-order valence-corrected chi connectivity index (χ3v) is 4.39. The van der Waals surface area contributed by atoms with Crippen molar-refractivity contribution in [2.45, 2.75) is 39.7 Å². The maximum Gasteiger partial charge on any atom is 0.321 e. The Morgan fingerprint density at radius 3 is 2.32 bits per heavy atom. The Labute approximate surface area is 113 Å². The average molecular weight is 295 g/mol. The van der Waals surface area contributed by atoms with E-state index in [2.05, 4.69) is 0 Å². The molecular formula is C11H21NO6S. The van der Waals surface area contributed by atoms with Crippen molar-refractivity contribution >= 4 is 22.0 Å². The quantitative estimate of drug-likeness (QED) is 0.620. The first-order valence-electron chi connectivity index (χ1n) is 6.07. The molecule has 0 aromatic heterocycles. The molecule has 0 heterocycles. The van der Waals surface area contributed by atoms with Crippen molar-refractivity contribution in [1.29, 1.82) is 0 Å². The second kappa shape index (κ2) is 8.11. The molecular weight excluding hydrogens is 274 g/mol. The molecule has 0 amide bonds. The maximum absolute atomic E-state index is 12.0. The summed E-state index contributed by atoms with van der Waals surface area (Å²) in [5, 5.41) is 8.49. The van der Waals surface area contributed by atoms with Crippen molar-refractivity contribution in [2.24, 2.45) is 0 Å². The molecule has 0 aliphatic carbocycles. The van der Waals surface area contributed by atoms with E-state index >= 15 is 0 Å². The molecule has 112 valence electrons. The summed E-state index contributed by atoms with van der Waals surface area (Å²) in [6.45, 7) is 4.77. The number of ether oxygens (including phenoxy) is 1. The molecule has 0 aromatic rings. The van der Waals surface area contributed by atoms with Gasteiger partial charge in [0, 0.05) is 12.5 Å². The highest BCUT2D eigenvalue weighted by Gasteiger charge is 2.27. The fraction of sp³-hybridized carbons (Fsp3) is 0.818. The molecule has 0 rings (SSSR count). The number of hydrogen-bond donors (Lipinski definition) is 1. The van der Waals surface area contributed by atoms with Crippen LogP contribution < -0.4 is 0 Å². The van der Waals surface area contributed by atoms with E-state index in [0.29, 0.717) is 0 Å². The van der Waals surface area contributed by atoms with E-state index in [1.54, 1.807) is 20.8 Å². The molecule has 0 bridgehead atoms. The Balaban J connectivity index is 4.67. The normalized spacial score (nSPS) is 11.8. The minimum absolute atomic E-state index is 0.0176.